The molecule has 0 saturated carbocycles. The number of carboxylic acids is 1. The molecule has 4 rings (SSSR count). The normalized spacial score (nSPS) is 10.9. The number of thiophene rings is 2. The molecule has 2 atom stereocenters. The topological polar surface area (TPSA) is 128 Å². The second-order valence-electron chi connectivity index (χ2n) is 6.64. The van der Waals surface area contributed by atoms with Crippen molar-refractivity contribution in [1.82, 2.24) is 0 Å². The third-order valence-electron chi connectivity index (χ3n) is 4.48. The van der Waals surface area contributed by atoms with Gasteiger partial charge in [-0.1, -0.05) is 12.1 Å². The van der Waals surface area contributed by atoms with E-state index < -0.39 is 18.1 Å². The van der Waals surface area contributed by atoms with Crippen molar-refractivity contribution in [3.63, 3.8) is 0 Å². The molecule has 2 aromatic heterocycles. The maximum absolute atomic E-state index is 13.0. The van der Waals surface area contributed by atoms with Crippen molar-refractivity contribution in [2.75, 3.05) is 5.32 Å². The number of anilines is 1. The van der Waals surface area contributed by atoms with Gasteiger partial charge in [0.15, 0.2) is 6.04 Å². The number of hydrogen-bond donors (Lipinski definition) is 3. The van der Waals surface area contributed by atoms with Crippen molar-refractivity contribution in [3.05, 3.63) is 75.8 Å². The number of carbonyl (C=O) groups excluding carboxylic acids is 1. The van der Waals surface area contributed by atoms with Crippen molar-refractivity contribution in [1.29, 1.82) is 0 Å². The molecule has 0 saturated heterocycles. The standard InChI is InChI=1S/C13H12N2O3S.C9H4FNS.CH2O3.2K.H/c1-7(16)11(13(17)18)15-9-3-4-10(14-2)12-8(9)5-6-19-12;1-11-8-3-2-7(10)6-4-5-12-9(6)8;2-1-4-3;;;/h3-7,11,15-16H,1H3,(H,17,18);2-5H;1,3H;;;/q;;;2*+1;-1/p-1/t7-,11+;;;;;/m0...../s1. The Morgan fingerprint density at radius 3 is 2.03 bits per heavy atom. The number of carboxylic acid groups (broad SMARTS) is 1. The molecule has 2 heterocycles. The molecule has 0 radical (unpaired) electrons. The number of nitrogens with zero attached hydrogens (tertiary/aromatic N) is 2. The van der Waals surface area contributed by atoms with Gasteiger partial charge in [-0.15, -0.1) is 0 Å². The van der Waals surface area contributed by atoms with Gasteiger partial charge < -0.3 is 27.1 Å². The number of carbonyl (C=O) groups is 2. The van der Waals surface area contributed by atoms with Crippen molar-refractivity contribution in [2.24, 2.45) is 0 Å². The van der Waals surface area contributed by atoms with E-state index in [0.717, 1.165) is 14.8 Å². The molecule has 9 nitrogen and oxygen atoms in total. The molecule has 0 bridgehead atoms. The molecule has 14 heteroatoms. The summed E-state index contributed by atoms with van der Waals surface area (Å²) in [5, 5.41) is 34.8. The molecule has 2 aromatic carbocycles. The zero-order valence-corrected chi connectivity index (χ0v) is 27.8. The van der Waals surface area contributed by atoms with Crippen LogP contribution < -0.4 is 113 Å². The summed E-state index contributed by atoms with van der Waals surface area (Å²) in [5.41, 5.74) is 1.68. The first-order chi connectivity index (χ1) is 16.8. The first-order valence-electron chi connectivity index (χ1n) is 9.59. The molecular weight excluding hydrogens is 576 g/mol. The van der Waals surface area contributed by atoms with Gasteiger partial charge in [-0.05, 0) is 41.9 Å². The number of aliphatic hydroxyl groups excluding tert-OH is 1. The predicted molar refractivity (Wildman–Crippen MR) is 131 cm³/mol. The third kappa shape index (κ3) is 10.0. The molecule has 0 amide bonds. The zero-order valence-electron chi connectivity index (χ0n) is 21.0. The minimum Gasteiger partial charge on any atom is -1.00 e. The average Bonchev–Trinajstić information content (AvgIpc) is 3.54. The third-order valence-corrected chi connectivity index (χ3v) is 6.35. The minimum atomic E-state index is -1.12. The van der Waals surface area contributed by atoms with Crippen LogP contribution in [-0.4, -0.2) is 34.8 Å². The van der Waals surface area contributed by atoms with Crippen LogP contribution in [0.1, 0.15) is 8.35 Å². The van der Waals surface area contributed by atoms with Crippen LogP contribution in [0.3, 0.4) is 0 Å². The van der Waals surface area contributed by atoms with Crippen molar-refractivity contribution in [3.8, 4) is 0 Å². The molecule has 0 aliphatic rings. The Kier molecular flexibility index (Phi) is 18.1. The summed E-state index contributed by atoms with van der Waals surface area (Å²) >= 11 is 2.83. The SMILES string of the molecule is O=CO[O-].[C-]#[N+]c1ccc(F)c2ccsc12.[C-]#[N+]c1ccc(N[C@@H](C(=O)O)[C@H](C)O)c2ccsc12.[H-].[K+].[K+]. The molecule has 3 N–H and O–H groups in total. The summed E-state index contributed by atoms with van der Waals surface area (Å²) in [6, 6.07) is 8.61. The first-order valence-corrected chi connectivity index (χ1v) is 11.3. The molecule has 0 aliphatic carbocycles. The van der Waals surface area contributed by atoms with Crippen LogP contribution in [0.15, 0.2) is 47.2 Å². The van der Waals surface area contributed by atoms with E-state index in [0.29, 0.717) is 22.4 Å². The van der Waals surface area contributed by atoms with Crippen molar-refractivity contribution in [2.45, 2.75) is 19.1 Å². The molecule has 0 unspecified atom stereocenters. The summed E-state index contributed by atoms with van der Waals surface area (Å²) in [6.07, 6.45) is -1.02. The van der Waals surface area contributed by atoms with Gasteiger partial charge in [0, 0.05) is 25.9 Å². The maximum Gasteiger partial charge on any atom is 1.00 e. The molecule has 4 aromatic rings. The Labute approximate surface area is 306 Å². The summed E-state index contributed by atoms with van der Waals surface area (Å²) in [4.78, 5) is 29.1. The summed E-state index contributed by atoms with van der Waals surface area (Å²) in [7, 11) is 0. The van der Waals surface area contributed by atoms with E-state index in [1.165, 1.54) is 41.7 Å². The number of nitrogens with one attached hydrogen (secondary N) is 1. The largest absolute Gasteiger partial charge is 1.00 e. The Balaban J connectivity index is 0. The number of fused-ring (bicyclic) bond motifs is 2. The number of halogens is 1. The monoisotopic (exact) mass is 593 g/mol. The maximum atomic E-state index is 13.0. The van der Waals surface area contributed by atoms with Crippen LogP contribution in [0.4, 0.5) is 21.5 Å². The predicted octanol–water partition coefficient (Wildman–Crippen LogP) is -1.16. The van der Waals surface area contributed by atoms with Crippen molar-refractivity contribution < 1.29 is 139 Å². The first kappa shape index (κ1) is 36.2. The van der Waals surface area contributed by atoms with Gasteiger partial charge in [-0.2, -0.15) is 22.7 Å². The second kappa shape index (κ2) is 18.5. The molecule has 0 spiro atoms. The number of hydrogen-bond acceptors (Lipinski definition) is 8. The Morgan fingerprint density at radius 1 is 1.08 bits per heavy atom. The second-order valence-corrected chi connectivity index (χ2v) is 8.47. The Hall–Kier alpha value is -0.797. The van der Waals surface area contributed by atoms with Gasteiger partial charge in [-0.25, -0.2) is 18.9 Å². The molecule has 182 valence electrons. The van der Waals surface area contributed by atoms with E-state index in [1.807, 2.05) is 11.4 Å². The van der Waals surface area contributed by atoms with Gasteiger partial charge in [0.2, 0.25) is 11.4 Å². The quantitative estimate of drug-likeness (QED) is 0.0877. The van der Waals surface area contributed by atoms with E-state index in [1.54, 1.807) is 23.6 Å². The van der Waals surface area contributed by atoms with Gasteiger partial charge in [0.25, 0.3) is 6.47 Å². The molecule has 0 aliphatic heterocycles. The number of rotatable bonds is 5. The van der Waals surface area contributed by atoms with E-state index in [9.17, 15) is 14.3 Å². The fraction of sp³-hybridized carbons (Fsp3) is 0.130. The average molecular weight is 594 g/mol. The van der Waals surface area contributed by atoms with Crippen LogP contribution in [-0.2, 0) is 14.5 Å². The number of aliphatic carboxylic acids is 1. The minimum absolute atomic E-state index is 0. The fourth-order valence-electron chi connectivity index (χ4n) is 2.92. The molecule has 0 fully saturated rings. The fourth-order valence-corrected chi connectivity index (χ4v) is 4.67. The van der Waals surface area contributed by atoms with Crippen molar-refractivity contribution >= 4 is 72.3 Å². The zero-order chi connectivity index (χ0) is 26.0. The Bertz CT molecular complexity index is 1420. The van der Waals surface area contributed by atoms with Gasteiger partial charge >= 0.3 is 109 Å². The number of benzene rings is 2. The summed E-state index contributed by atoms with van der Waals surface area (Å²) in [5.74, 6) is -1.37. The van der Waals surface area contributed by atoms with Crippen LogP contribution in [0.2, 0.25) is 0 Å². The van der Waals surface area contributed by atoms with E-state index in [2.05, 4.69) is 19.9 Å². The van der Waals surface area contributed by atoms with E-state index in [-0.39, 0.29) is 116 Å². The van der Waals surface area contributed by atoms with Gasteiger partial charge in [0.1, 0.15) is 5.82 Å². The van der Waals surface area contributed by atoms with Crippen LogP contribution in [0, 0.1) is 19.0 Å². The smallest absolute Gasteiger partial charge is 1.00 e. The van der Waals surface area contributed by atoms with E-state index >= 15 is 0 Å². The van der Waals surface area contributed by atoms with Crippen LogP contribution in [0.5, 0.6) is 0 Å². The van der Waals surface area contributed by atoms with Crippen LogP contribution in [0.25, 0.3) is 29.9 Å². The Morgan fingerprint density at radius 2 is 1.57 bits per heavy atom. The van der Waals surface area contributed by atoms with E-state index in [4.69, 9.17) is 28.3 Å². The number of aliphatic hydroxyl groups is 1. The summed E-state index contributed by atoms with van der Waals surface area (Å²) < 4.78 is 14.6. The summed E-state index contributed by atoms with van der Waals surface area (Å²) in [6.45, 7) is 15.2. The molecular formula is C23H18FK2N3O6S2. The molecule has 37 heavy (non-hydrogen) atoms. The van der Waals surface area contributed by atoms with Crippen LogP contribution >= 0.6 is 22.7 Å². The van der Waals surface area contributed by atoms with Gasteiger partial charge in [0.05, 0.1) is 19.2 Å². The van der Waals surface area contributed by atoms with Gasteiger partial charge in [-0.3, -0.25) is 4.79 Å².